The average molecular weight is 865 g/mol. The summed E-state index contributed by atoms with van der Waals surface area (Å²) >= 11 is 0. The fraction of sp³-hybridized carbons (Fsp3) is 0.644. The lowest BCUT2D eigenvalue weighted by molar-refractivity contribution is -0.160. The molecule has 1 aromatic carbocycles. The largest absolute Gasteiger partial charge is 0.462 e. The number of esters is 1. The molecule has 5 aliphatic rings. The van der Waals surface area contributed by atoms with E-state index in [1.54, 1.807) is 18.2 Å². The molecule has 2 unspecified atom stereocenters. The number of imide groups is 2. The molecule has 5 amide bonds. The number of ether oxygens (including phenoxy) is 4. The molecule has 0 spiro atoms. The maximum Gasteiger partial charge on any atom is 0.407 e. The summed E-state index contributed by atoms with van der Waals surface area (Å²) in [6.45, 7) is 17.2. The van der Waals surface area contributed by atoms with Gasteiger partial charge in [0, 0.05) is 37.5 Å². The van der Waals surface area contributed by atoms with Gasteiger partial charge >= 0.3 is 12.1 Å². The molecule has 6 rings (SSSR count). The van der Waals surface area contributed by atoms with Crippen LogP contribution in [0.1, 0.15) is 100 Å². The zero-order valence-corrected chi connectivity index (χ0v) is 37.7. The van der Waals surface area contributed by atoms with Gasteiger partial charge in [-0.1, -0.05) is 58.9 Å². The molecule has 0 saturated carbocycles. The van der Waals surface area contributed by atoms with E-state index in [0.717, 1.165) is 24.2 Å². The Hall–Kier alpha value is -4.38. The lowest BCUT2D eigenvalue weighted by Gasteiger charge is -2.44. The Labute approximate surface area is 360 Å². The fourth-order valence-electron chi connectivity index (χ4n) is 8.95. The highest BCUT2D eigenvalue weighted by Gasteiger charge is 2.47. The number of hydrogen-bond acceptors (Lipinski definition) is 12. The van der Waals surface area contributed by atoms with Gasteiger partial charge in [0.05, 0.1) is 50.1 Å². The van der Waals surface area contributed by atoms with Gasteiger partial charge in [0.2, 0.25) is 11.8 Å². The van der Waals surface area contributed by atoms with Crippen molar-refractivity contribution in [2.24, 2.45) is 23.7 Å². The third-order valence-corrected chi connectivity index (χ3v) is 17.6. The first kappa shape index (κ1) is 46.1. The lowest BCUT2D eigenvalue weighted by atomic mass is 9.65. The van der Waals surface area contributed by atoms with Gasteiger partial charge in [-0.05, 0) is 79.3 Å². The molecule has 2 aliphatic carbocycles. The zero-order chi connectivity index (χ0) is 44.1. The van der Waals surface area contributed by atoms with E-state index in [2.05, 4.69) is 81.9 Å². The van der Waals surface area contributed by atoms with E-state index in [1.807, 2.05) is 0 Å². The van der Waals surface area contributed by atoms with Crippen molar-refractivity contribution in [1.82, 2.24) is 15.5 Å². The summed E-state index contributed by atoms with van der Waals surface area (Å²) in [5.74, 6) is -1.63. The number of nitrogens with one attached hydrogen (secondary N) is 3. The first-order valence-electron chi connectivity index (χ1n) is 21.9. The van der Waals surface area contributed by atoms with E-state index in [9.17, 15) is 28.8 Å². The van der Waals surface area contributed by atoms with Gasteiger partial charge in [0.25, 0.3) is 11.8 Å². The molecule has 0 radical (unpaired) electrons. The van der Waals surface area contributed by atoms with Crippen molar-refractivity contribution >= 4 is 49.7 Å². The van der Waals surface area contributed by atoms with Gasteiger partial charge < -0.3 is 34.0 Å². The van der Waals surface area contributed by atoms with Crippen LogP contribution in [-0.4, -0.2) is 113 Å². The van der Waals surface area contributed by atoms with Crippen LogP contribution in [-0.2, 0) is 37.8 Å². The minimum atomic E-state index is -2.04. The molecular formula is C45H64N4O11Si. The second-order valence-corrected chi connectivity index (χ2v) is 23.4. The SMILES string of the molecule is C[C@H]1C=C2C=C[C@H](C)[C@H](CC[C@@H]3CC(O[Si](C)(C)C(C)(C)C)CC(=O)O3)[C@H]2[C@@H](OC(=O)NCCOCCOCCNc2cccc3c2C(=O)N(C2CCC(=O)NC2=O)C3=O)C1. The fourth-order valence-corrected chi connectivity index (χ4v) is 10.3. The number of anilines is 1. The highest BCUT2D eigenvalue weighted by atomic mass is 28.4. The third-order valence-electron chi connectivity index (χ3n) is 13.1. The Bertz CT molecular complexity index is 1890. The number of alkyl carbamates (subject to hydrolysis) is 1. The van der Waals surface area contributed by atoms with Crippen molar-refractivity contribution in [2.75, 3.05) is 44.8 Å². The van der Waals surface area contributed by atoms with Crippen LogP contribution in [0.3, 0.4) is 0 Å². The molecule has 61 heavy (non-hydrogen) atoms. The number of carbonyl (C=O) groups excluding carboxylic acids is 6. The van der Waals surface area contributed by atoms with Crippen LogP contribution < -0.4 is 16.0 Å². The van der Waals surface area contributed by atoms with Gasteiger partial charge in [0.15, 0.2) is 8.32 Å². The Morgan fingerprint density at radius 2 is 1.70 bits per heavy atom. The summed E-state index contributed by atoms with van der Waals surface area (Å²) in [5, 5.41) is 8.24. The first-order chi connectivity index (χ1) is 28.9. The molecule has 16 heteroatoms. The molecule has 3 aliphatic heterocycles. The van der Waals surface area contributed by atoms with Crippen molar-refractivity contribution in [3.8, 4) is 0 Å². The topological polar surface area (TPSA) is 188 Å². The van der Waals surface area contributed by atoms with Crippen LogP contribution in [0.25, 0.3) is 0 Å². The predicted octanol–water partition coefficient (Wildman–Crippen LogP) is 5.91. The van der Waals surface area contributed by atoms with E-state index in [4.69, 9.17) is 23.4 Å². The summed E-state index contributed by atoms with van der Waals surface area (Å²) < 4.78 is 30.0. The predicted molar refractivity (Wildman–Crippen MR) is 229 cm³/mol. The molecule has 8 atom stereocenters. The van der Waals surface area contributed by atoms with Crippen LogP contribution >= 0.6 is 0 Å². The Morgan fingerprint density at radius 3 is 2.43 bits per heavy atom. The first-order valence-corrected chi connectivity index (χ1v) is 24.8. The Kier molecular flexibility index (Phi) is 14.9. The van der Waals surface area contributed by atoms with Crippen LogP contribution in [0.4, 0.5) is 10.5 Å². The molecule has 1 aromatic rings. The minimum absolute atomic E-state index is 0.0433. The highest BCUT2D eigenvalue weighted by molar-refractivity contribution is 6.74. The monoisotopic (exact) mass is 864 g/mol. The average Bonchev–Trinajstić information content (AvgIpc) is 3.43. The number of cyclic esters (lactones) is 1. The number of piperidine rings is 1. The maximum absolute atomic E-state index is 13.3. The zero-order valence-electron chi connectivity index (χ0n) is 36.7. The van der Waals surface area contributed by atoms with Gasteiger partial charge in [-0.25, -0.2) is 4.79 Å². The number of carbonyl (C=O) groups is 6. The molecule has 334 valence electrons. The molecule has 0 aromatic heterocycles. The standard InChI is InChI=1S/C45H64N4O11Si/c1-27-23-29-12-11-28(2)32(14-13-30-25-31(26-38(51)58-30)60-61(6,7)45(3,4)5)39(29)36(24-27)59-44(55)47-18-20-57-22-21-56-19-17-46-34-10-8-9-33-40(34)43(54)49(42(33)53)35-15-16-37(50)48-41(35)52/h8-12,23,27-28,30-32,35-36,39,46H,13-22,24-26H2,1-7H3,(H,47,55)(H,48,50,52)/t27-,28-,30+,31?,32-,35?,36-,39-/m0/s1. The van der Waals surface area contributed by atoms with Crippen LogP contribution in [0, 0.1) is 23.7 Å². The van der Waals surface area contributed by atoms with Crippen molar-refractivity contribution < 1.29 is 52.1 Å². The van der Waals surface area contributed by atoms with Gasteiger partial charge in [-0.15, -0.1) is 0 Å². The lowest BCUT2D eigenvalue weighted by Crippen LogP contribution is -2.54. The molecule has 3 N–H and O–H groups in total. The van der Waals surface area contributed by atoms with Crippen LogP contribution in [0.5, 0.6) is 0 Å². The summed E-state index contributed by atoms with van der Waals surface area (Å²) in [4.78, 5) is 77.1. The van der Waals surface area contributed by atoms with Gasteiger partial charge in [-0.3, -0.25) is 34.2 Å². The Morgan fingerprint density at radius 1 is 0.967 bits per heavy atom. The van der Waals surface area contributed by atoms with E-state index in [1.165, 1.54) is 5.57 Å². The van der Waals surface area contributed by atoms with Crippen molar-refractivity contribution in [3.05, 3.63) is 53.1 Å². The van der Waals surface area contributed by atoms with Gasteiger partial charge in [-0.2, -0.15) is 0 Å². The molecule has 0 bridgehead atoms. The number of nitrogens with zero attached hydrogens (tertiary/aromatic N) is 1. The number of allylic oxidation sites excluding steroid dienone is 3. The maximum atomic E-state index is 13.3. The Balaban J connectivity index is 0.895. The second-order valence-electron chi connectivity index (χ2n) is 18.6. The molecule has 15 nitrogen and oxygen atoms in total. The minimum Gasteiger partial charge on any atom is -0.462 e. The van der Waals surface area contributed by atoms with Crippen LogP contribution in [0.2, 0.25) is 18.1 Å². The summed E-state index contributed by atoms with van der Waals surface area (Å²) in [7, 11) is -2.04. The van der Waals surface area contributed by atoms with E-state index in [0.29, 0.717) is 44.9 Å². The number of rotatable bonds is 17. The number of fused-ring (bicyclic) bond motifs is 2. The molecule has 3 heterocycles. The summed E-state index contributed by atoms with van der Waals surface area (Å²) in [5.41, 5.74) is 2.05. The number of benzene rings is 1. The van der Waals surface area contributed by atoms with Crippen molar-refractivity contribution in [3.63, 3.8) is 0 Å². The van der Waals surface area contributed by atoms with E-state index in [-0.39, 0.29) is 90.1 Å². The number of amides is 5. The van der Waals surface area contributed by atoms with E-state index >= 15 is 0 Å². The molecule has 2 saturated heterocycles. The molecule has 2 fully saturated rings. The number of hydrogen-bond donors (Lipinski definition) is 3. The van der Waals surface area contributed by atoms with Crippen molar-refractivity contribution in [2.45, 2.75) is 122 Å². The summed E-state index contributed by atoms with van der Waals surface area (Å²) in [6, 6.07) is 3.86. The third kappa shape index (κ3) is 11.2. The normalized spacial score (nSPS) is 27.8. The van der Waals surface area contributed by atoms with E-state index < -0.39 is 44.1 Å². The smallest absolute Gasteiger partial charge is 0.407 e. The second kappa shape index (κ2) is 19.8. The summed E-state index contributed by atoms with van der Waals surface area (Å²) in [6.07, 6.45) is 9.04. The van der Waals surface area contributed by atoms with Gasteiger partial charge in [0.1, 0.15) is 18.2 Å². The van der Waals surface area contributed by atoms with Crippen LogP contribution in [0.15, 0.2) is 42.0 Å². The highest BCUT2D eigenvalue weighted by Crippen LogP contribution is 2.46. The van der Waals surface area contributed by atoms with Crippen molar-refractivity contribution in [1.29, 1.82) is 0 Å². The molecular weight excluding hydrogens is 801 g/mol. The quantitative estimate of drug-likeness (QED) is 0.0729.